The van der Waals surface area contributed by atoms with Gasteiger partial charge in [-0.05, 0) is 11.5 Å². The molecule has 0 aliphatic heterocycles. The van der Waals surface area contributed by atoms with Crippen LogP contribution in [0.15, 0.2) is 48.1 Å². The Morgan fingerprint density at radius 2 is 1.77 bits per heavy atom. The number of fused-ring (bicyclic) bond motifs is 1. The zero-order chi connectivity index (χ0) is 9.68. The average Bonchev–Trinajstić information content (AvgIpc) is 2.22. The number of allylic oxidation sites excluding steroid dienone is 8. The molecule has 2 rings (SSSR count). The molecule has 2 aliphatic carbocycles. The first-order chi connectivity index (χ1) is 6.38. The molecule has 0 saturated carbocycles. The lowest BCUT2D eigenvalue weighted by molar-refractivity contribution is 0.583. The van der Waals surface area contributed by atoms with Crippen molar-refractivity contribution in [3.8, 4) is 0 Å². The maximum Gasteiger partial charge on any atom is 0.00813 e. The lowest BCUT2D eigenvalue weighted by atomic mass is 9.81. The normalized spacial score (nSPS) is 28.7. The standard InChI is InChI=1S/C11H12.C2H6/c1-9-5-4-7-10-6-2-3-8-11(9)10;1-2/h2-9,11H,1H3;1-2H3. The molecule has 0 aromatic carbocycles. The summed E-state index contributed by atoms with van der Waals surface area (Å²) in [5.41, 5.74) is 1.45. The van der Waals surface area contributed by atoms with E-state index in [4.69, 9.17) is 0 Å². The van der Waals surface area contributed by atoms with Crippen molar-refractivity contribution >= 4 is 0 Å². The van der Waals surface area contributed by atoms with E-state index >= 15 is 0 Å². The zero-order valence-corrected chi connectivity index (χ0v) is 8.70. The second kappa shape index (κ2) is 4.86. The van der Waals surface area contributed by atoms with E-state index in [9.17, 15) is 0 Å². The van der Waals surface area contributed by atoms with E-state index in [0.717, 1.165) is 0 Å². The summed E-state index contributed by atoms with van der Waals surface area (Å²) in [6, 6.07) is 0. The van der Waals surface area contributed by atoms with Crippen molar-refractivity contribution in [3.63, 3.8) is 0 Å². The maximum absolute atomic E-state index is 2.28. The third kappa shape index (κ3) is 2.21. The van der Waals surface area contributed by atoms with E-state index in [0.29, 0.717) is 11.8 Å². The van der Waals surface area contributed by atoms with E-state index in [1.807, 2.05) is 13.8 Å². The highest BCUT2D eigenvalue weighted by molar-refractivity contribution is 5.39. The Balaban J connectivity index is 0.000000396. The summed E-state index contributed by atoms with van der Waals surface area (Å²) in [6.07, 6.45) is 15.3. The maximum atomic E-state index is 2.28. The van der Waals surface area contributed by atoms with Crippen LogP contribution in [-0.2, 0) is 0 Å². The van der Waals surface area contributed by atoms with E-state index < -0.39 is 0 Å². The van der Waals surface area contributed by atoms with Crippen LogP contribution < -0.4 is 0 Å². The highest BCUT2D eigenvalue weighted by Gasteiger charge is 2.18. The molecule has 70 valence electrons. The predicted molar refractivity (Wildman–Crippen MR) is 59.5 cm³/mol. The first kappa shape index (κ1) is 10.0. The molecule has 0 amide bonds. The van der Waals surface area contributed by atoms with Gasteiger partial charge in [-0.3, -0.25) is 0 Å². The third-order valence-electron chi connectivity index (χ3n) is 2.37. The van der Waals surface area contributed by atoms with Gasteiger partial charge in [0.1, 0.15) is 0 Å². The van der Waals surface area contributed by atoms with Crippen molar-refractivity contribution < 1.29 is 0 Å². The van der Waals surface area contributed by atoms with Gasteiger partial charge in [0.15, 0.2) is 0 Å². The Bertz CT molecular complexity index is 264. The van der Waals surface area contributed by atoms with Crippen molar-refractivity contribution in [2.45, 2.75) is 20.8 Å². The van der Waals surface area contributed by atoms with Gasteiger partial charge in [0.05, 0.1) is 0 Å². The quantitative estimate of drug-likeness (QED) is 0.522. The molecule has 0 nitrogen and oxygen atoms in total. The Morgan fingerprint density at radius 1 is 1.00 bits per heavy atom. The summed E-state index contributed by atoms with van der Waals surface area (Å²) >= 11 is 0. The first-order valence-electron chi connectivity index (χ1n) is 5.11. The van der Waals surface area contributed by atoms with Crippen molar-refractivity contribution in [1.29, 1.82) is 0 Å². The fraction of sp³-hybridized carbons (Fsp3) is 0.385. The smallest absolute Gasteiger partial charge is 0.00813 e. The number of hydrogen-bond donors (Lipinski definition) is 0. The molecule has 2 unspecified atom stereocenters. The molecular weight excluding hydrogens is 156 g/mol. The molecule has 0 heteroatoms. The van der Waals surface area contributed by atoms with Crippen LogP contribution in [0, 0.1) is 11.8 Å². The number of rotatable bonds is 0. The van der Waals surface area contributed by atoms with Gasteiger partial charge < -0.3 is 0 Å². The van der Waals surface area contributed by atoms with Gasteiger partial charge in [-0.25, -0.2) is 0 Å². The van der Waals surface area contributed by atoms with Gasteiger partial charge in [-0.2, -0.15) is 0 Å². The molecule has 0 radical (unpaired) electrons. The summed E-state index contributed by atoms with van der Waals surface area (Å²) in [6.45, 7) is 6.26. The van der Waals surface area contributed by atoms with Crippen molar-refractivity contribution in [2.24, 2.45) is 11.8 Å². The Kier molecular flexibility index (Phi) is 3.75. The van der Waals surface area contributed by atoms with Crippen LogP contribution in [0.25, 0.3) is 0 Å². The molecule has 2 aliphatic rings. The van der Waals surface area contributed by atoms with Gasteiger partial charge in [0.25, 0.3) is 0 Å². The SMILES string of the molecule is CC.CC1C=CC=C2C=CC=CC21. The molecule has 0 N–H and O–H groups in total. The molecule has 0 aromatic rings. The van der Waals surface area contributed by atoms with Crippen LogP contribution >= 0.6 is 0 Å². The monoisotopic (exact) mass is 174 g/mol. The first-order valence-corrected chi connectivity index (χ1v) is 5.11. The van der Waals surface area contributed by atoms with Gasteiger partial charge in [0.2, 0.25) is 0 Å². The second-order valence-electron chi connectivity index (χ2n) is 3.18. The predicted octanol–water partition coefficient (Wildman–Crippen LogP) is 3.89. The van der Waals surface area contributed by atoms with Gasteiger partial charge in [-0.1, -0.05) is 63.3 Å². The lowest BCUT2D eigenvalue weighted by Crippen LogP contribution is -2.12. The second-order valence-corrected chi connectivity index (χ2v) is 3.18. The molecule has 2 atom stereocenters. The molecule has 0 fully saturated rings. The molecule has 0 spiro atoms. The molecule has 0 heterocycles. The fourth-order valence-electron chi connectivity index (χ4n) is 1.68. The van der Waals surface area contributed by atoms with E-state index in [1.165, 1.54) is 5.57 Å². The van der Waals surface area contributed by atoms with E-state index in [1.54, 1.807) is 0 Å². The molecule has 0 saturated heterocycles. The minimum Gasteiger partial charge on any atom is -0.0808 e. The van der Waals surface area contributed by atoms with Crippen LogP contribution in [-0.4, -0.2) is 0 Å². The highest BCUT2D eigenvalue weighted by atomic mass is 14.2. The van der Waals surface area contributed by atoms with Crippen LogP contribution in [0.2, 0.25) is 0 Å². The Hall–Kier alpha value is -1.04. The molecule has 13 heavy (non-hydrogen) atoms. The average molecular weight is 174 g/mol. The van der Waals surface area contributed by atoms with Crippen LogP contribution in [0.4, 0.5) is 0 Å². The molecule has 0 aromatic heterocycles. The van der Waals surface area contributed by atoms with Crippen molar-refractivity contribution in [3.05, 3.63) is 48.1 Å². The minimum absolute atomic E-state index is 0.630. The minimum atomic E-state index is 0.630. The Morgan fingerprint density at radius 3 is 2.46 bits per heavy atom. The lowest BCUT2D eigenvalue weighted by Gasteiger charge is -2.23. The summed E-state index contributed by atoms with van der Waals surface area (Å²) in [5, 5.41) is 0. The van der Waals surface area contributed by atoms with Crippen LogP contribution in [0.1, 0.15) is 20.8 Å². The zero-order valence-electron chi connectivity index (χ0n) is 8.70. The van der Waals surface area contributed by atoms with Crippen LogP contribution in [0.5, 0.6) is 0 Å². The highest BCUT2D eigenvalue weighted by Crippen LogP contribution is 2.30. The van der Waals surface area contributed by atoms with Gasteiger partial charge in [-0.15, -0.1) is 0 Å². The summed E-state index contributed by atoms with van der Waals surface area (Å²) in [7, 11) is 0. The van der Waals surface area contributed by atoms with Gasteiger partial charge in [0, 0.05) is 5.92 Å². The fourth-order valence-corrected chi connectivity index (χ4v) is 1.68. The van der Waals surface area contributed by atoms with E-state index in [2.05, 4.69) is 49.5 Å². The summed E-state index contributed by atoms with van der Waals surface area (Å²) in [5.74, 6) is 1.29. The summed E-state index contributed by atoms with van der Waals surface area (Å²) in [4.78, 5) is 0. The van der Waals surface area contributed by atoms with Crippen LogP contribution in [0.3, 0.4) is 0 Å². The topological polar surface area (TPSA) is 0 Å². The van der Waals surface area contributed by atoms with Crippen molar-refractivity contribution in [1.82, 2.24) is 0 Å². The Labute approximate surface area is 81.4 Å². The summed E-state index contributed by atoms with van der Waals surface area (Å²) < 4.78 is 0. The molecular formula is C13H18. The van der Waals surface area contributed by atoms with Crippen molar-refractivity contribution in [2.75, 3.05) is 0 Å². The molecule has 0 bridgehead atoms. The van der Waals surface area contributed by atoms with Gasteiger partial charge >= 0.3 is 0 Å². The largest absolute Gasteiger partial charge is 0.0808 e. The number of hydrogen-bond acceptors (Lipinski definition) is 0. The third-order valence-corrected chi connectivity index (χ3v) is 2.37. The van der Waals surface area contributed by atoms with E-state index in [-0.39, 0.29) is 0 Å².